The molecule has 5 nitrogen and oxygen atoms in total. The van der Waals surface area contributed by atoms with Crippen molar-refractivity contribution < 1.29 is 30.7 Å². The lowest BCUT2D eigenvalue weighted by atomic mass is 10.2. The molecule has 0 bridgehead atoms. The molecule has 0 saturated heterocycles. The molecule has 0 fully saturated rings. The Hall–Kier alpha value is -2.56. The number of hydrogen-bond acceptors (Lipinski definition) is 4. The fourth-order valence-corrected chi connectivity index (χ4v) is 3.74. The summed E-state index contributed by atoms with van der Waals surface area (Å²) < 4.78 is 85.0. The van der Waals surface area contributed by atoms with Crippen LogP contribution < -0.4 is 9.46 Å². The normalized spacial score (nSPS) is 11.9. The smallest absolute Gasteiger partial charge is 0.417 e. The Morgan fingerprint density at radius 1 is 1.00 bits per heavy atom. The third-order valence-corrected chi connectivity index (χ3v) is 5.54. The Kier molecular flexibility index (Phi) is 6.11. The molecule has 3 rings (SSSR count). The highest BCUT2D eigenvalue weighted by Crippen LogP contribution is 2.37. The van der Waals surface area contributed by atoms with Crippen LogP contribution in [0.15, 0.2) is 59.6 Å². The van der Waals surface area contributed by atoms with Gasteiger partial charge >= 0.3 is 6.18 Å². The summed E-state index contributed by atoms with van der Waals surface area (Å²) in [5, 5.41) is -0.613. The van der Waals surface area contributed by atoms with Crippen molar-refractivity contribution in [2.45, 2.75) is 11.1 Å². The maximum atomic E-state index is 13.1. The van der Waals surface area contributed by atoms with Gasteiger partial charge in [-0.3, -0.25) is 4.72 Å². The van der Waals surface area contributed by atoms with Crippen LogP contribution in [0.2, 0.25) is 10.0 Å². The molecule has 0 spiro atoms. The van der Waals surface area contributed by atoms with E-state index in [2.05, 4.69) is 9.71 Å². The second-order valence-corrected chi connectivity index (χ2v) is 8.33. The molecule has 1 aromatic heterocycles. The largest absolute Gasteiger partial charge is 0.437 e. The lowest BCUT2D eigenvalue weighted by Crippen LogP contribution is -2.15. The summed E-state index contributed by atoms with van der Waals surface area (Å²) in [4.78, 5) is 3.18. The number of hydrogen-bond donors (Lipinski definition) is 1. The molecule has 0 atom stereocenters. The van der Waals surface area contributed by atoms with E-state index in [1.807, 2.05) is 0 Å². The fraction of sp³-hybridized carbons (Fsp3) is 0.0556. The Labute approximate surface area is 178 Å². The number of halogens is 6. The molecule has 0 aliphatic heterocycles. The zero-order valence-electron chi connectivity index (χ0n) is 14.5. The van der Waals surface area contributed by atoms with Crippen molar-refractivity contribution in [1.82, 2.24) is 4.98 Å². The first-order valence-corrected chi connectivity index (χ1v) is 10.2. The van der Waals surface area contributed by atoms with Gasteiger partial charge < -0.3 is 4.74 Å². The van der Waals surface area contributed by atoms with Crippen LogP contribution in [0.3, 0.4) is 0 Å². The fourth-order valence-electron chi connectivity index (χ4n) is 2.29. The van der Waals surface area contributed by atoms with Gasteiger partial charge in [0.25, 0.3) is 10.0 Å². The van der Waals surface area contributed by atoms with E-state index in [4.69, 9.17) is 27.9 Å². The molecule has 1 heterocycles. The minimum atomic E-state index is -4.85. The van der Waals surface area contributed by atoms with Crippen LogP contribution in [-0.2, 0) is 16.2 Å². The van der Waals surface area contributed by atoms with Crippen molar-refractivity contribution in [3.63, 3.8) is 0 Å². The van der Waals surface area contributed by atoms with Gasteiger partial charge in [0.15, 0.2) is 0 Å². The van der Waals surface area contributed by atoms with E-state index in [1.54, 1.807) is 0 Å². The number of aromatic nitrogens is 1. The molecular formula is C18H10Cl2F4N2O3S. The minimum Gasteiger partial charge on any atom is -0.437 e. The molecule has 0 amide bonds. The van der Waals surface area contributed by atoms with Crippen LogP contribution in [0, 0.1) is 5.82 Å². The van der Waals surface area contributed by atoms with Gasteiger partial charge in [-0.2, -0.15) is 13.2 Å². The molecule has 0 radical (unpaired) electrons. The van der Waals surface area contributed by atoms with Gasteiger partial charge in [-0.1, -0.05) is 23.2 Å². The van der Waals surface area contributed by atoms with Gasteiger partial charge in [-0.15, -0.1) is 0 Å². The summed E-state index contributed by atoms with van der Waals surface area (Å²) in [5.74, 6) is -0.632. The highest BCUT2D eigenvalue weighted by atomic mass is 35.5. The lowest BCUT2D eigenvalue weighted by Gasteiger charge is -2.14. The average Bonchev–Trinajstić information content (AvgIpc) is 2.64. The van der Waals surface area contributed by atoms with Gasteiger partial charge in [-0.05, 0) is 48.5 Å². The highest BCUT2D eigenvalue weighted by Gasteiger charge is 2.34. The molecule has 3 aromatic rings. The molecule has 0 saturated carbocycles. The van der Waals surface area contributed by atoms with E-state index >= 15 is 0 Å². The topological polar surface area (TPSA) is 68.3 Å². The molecule has 0 unspecified atom stereocenters. The van der Waals surface area contributed by atoms with E-state index in [1.165, 1.54) is 18.3 Å². The number of ether oxygens (including phenoxy) is 1. The number of benzene rings is 2. The molecular weight excluding hydrogens is 471 g/mol. The van der Waals surface area contributed by atoms with Crippen molar-refractivity contribution in [1.29, 1.82) is 0 Å². The van der Waals surface area contributed by atoms with Crippen LogP contribution in [0.25, 0.3) is 0 Å². The predicted molar refractivity (Wildman–Crippen MR) is 103 cm³/mol. The maximum Gasteiger partial charge on any atom is 0.417 e. The van der Waals surface area contributed by atoms with Crippen LogP contribution >= 0.6 is 23.2 Å². The molecule has 0 aliphatic carbocycles. The van der Waals surface area contributed by atoms with Gasteiger partial charge in [0.2, 0.25) is 5.88 Å². The predicted octanol–water partition coefficient (Wildman–Crippen LogP) is 6.14. The summed E-state index contributed by atoms with van der Waals surface area (Å²) in [7, 11) is -4.50. The maximum absolute atomic E-state index is 13.1. The Morgan fingerprint density at radius 3 is 2.30 bits per heavy atom. The van der Waals surface area contributed by atoms with Gasteiger partial charge in [-0.25, -0.2) is 17.8 Å². The first-order valence-electron chi connectivity index (χ1n) is 7.94. The zero-order chi connectivity index (χ0) is 22.1. The first-order chi connectivity index (χ1) is 14.0. The SMILES string of the molecule is O=S(=O)(Nc1cc(Cl)cnc1Oc1ccc(F)cc1)c1ccc(Cl)c(C(F)(F)F)c1. The third kappa shape index (κ3) is 5.13. The number of anilines is 1. The van der Waals surface area contributed by atoms with Crippen molar-refractivity contribution in [2.24, 2.45) is 0 Å². The molecule has 158 valence electrons. The Bertz CT molecular complexity index is 1190. The quantitative estimate of drug-likeness (QED) is 0.445. The van der Waals surface area contributed by atoms with Gasteiger partial charge in [0, 0.05) is 6.20 Å². The van der Waals surface area contributed by atoms with E-state index < -0.39 is 37.5 Å². The molecule has 0 aliphatic rings. The van der Waals surface area contributed by atoms with Crippen LogP contribution in [-0.4, -0.2) is 13.4 Å². The zero-order valence-corrected chi connectivity index (χ0v) is 16.9. The van der Waals surface area contributed by atoms with E-state index in [9.17, 15) is 26.0 Å². The number of pyridine rings is 1. The van der Waals surface area contributed by atoms with Gasteiger partial charge in [0.1, 0.15) is 17.3 Å². The van der Waals surface area contributed by atoms with Crippen molar-refractivity contribution >= 4 is 38.9 Å². The number of nitrogens with one attached hydrogen (secondary N) is 1. The number of alkyl halides is 3. The van der Waals surface area contributed by atoms with E-state index in [0.29, 0.717) is 6.07 Å². The van der Waals surface area contributed by atoms with Crippen molar-refractivity contribution in [3.05, 3.63) is 76.2 Å². The molecule has 1 N–H and O–H groups in total. The van der Waals surface area contributed by atoms with Crippen LogP contribution in [0.1, 0.15) is 5.56 Å². The minimum absolute atomic E-state index is 0.0336. The second kappa shape index (κ2) is 8.29. The molecule has 30 heavy (non-hydrogen) atoms. The number of nitrogens with zero attached hydrogens (tertiary/aromatic N) is 1. The summed E-state index contributed by atoms with van der Waals surface area (Å²) >= 11 is 11.4. The summed E-state index contributed by atoms with van der Waals surface area (Å²) in [6.45, 7) is 0. The second-order valence-electron chi connectivity index (χ2n) is 5.81. The Morgan fingerprint density at radius 2 is 1.67 bits per heavy atom. The van der Waals surface area contributed by atoms with Crippen molar-refractivity contribution in [3.8, 4) is 11.6 Å². The standard InChI is InChI=1S/C18H10Cl2F4N2O3S/c19-10-7-16(17(25-9-10)29-12-3-1-11(21)2-4-12)26-30(27,28)13-5-6-15(20)14(8-13)18(22,23)24/h1-9,26H. The summed E-state index contributed by atoms with van der Waals surface area (Å²) in [6, 6.07) is 8.08. The first kappa shape index (κ1) is 22.1. The van der Waals surface area contributed by atoms with E-state index in [-0.39, 0.29) is 22.3 Å². The van der Waals surface area contributed by atoms with E-state index in [0.717, 1.165) is 30.3 Å². The third-order valence-electron chi connectivity index (χ3n) is 3.64. The van der Waals surface area contributed by atoms with Crippen LogP contribution in [0.4, 0.5) is 23.2 Å². The Balaban J connectivity index is 1.97. The molecule has 12 heteroatoms. The summed E-state index contributed by atoms with van der Waals surface area (Å²) in [5.41, 5.74) is -1.55. The average molecular weight is 481 g/mol. The molecule has 2 aromatic carbocycles. The highest BCUT2D eigenvalue weighted by molar-refractivity contribution is 7.92. The summed E-state index contributed by atoms with van der Waals surface area (Å²) in [6.07, 6.45) is -3.68. The van der Waals surface area contributed by atoms with Gasteiger partial charge in [0.05, 0.1) is 20.5 Å². The number of sulfonamides is 1. The van der Waals surface area contributed by atoms with Crippen molar-refractivity contribution in [2.75, 3.05) is 4.72 Å². The lowest BCUT2D eigenvalue weighted by molar-refractivity contribution is -0.137. The van der Waals surface area contributed by atoms with Crippen LogP contribution in [0.5, 0.6) is 11.6 Å². The monoisotopic (exact) mass is 480 g/mol. The number of rotatable bonds is 5.